The number of nitrogens with zero attached hydrogens (tertiary/aromatic N) is 4. The number of imidazole rings is 1. The predicted octanol–water partition coefficient (Wildman–Crippen LogP) is 1.89. The van der Waals surface area contributed by atoms with Gasteiger partial charge in [-0.15, -0.1) is 0 Å². The summed E-state index contributed by atoms with van der Waals surface area (Å²) in [5, 5.41) is 7.08. The lowest BCUT2D eigenvalue weighted by atomic mass is 10.2. The number of nitrogens with one attached hydrogen (secondary N) is 1. The molecule has 1 aromatic carbocycles. The lowest BCUT2D eigenvalue weighted by Crippen LogP contribution is -2.25. The molecule has 3 rings (SSSR count). The first-order chi connectivity index (χ1) is 10.8. The first-order valence-corrected chi connectivity index (χ1v) is 7.17. The van der Waals surface area contributed by atoms with Gasteiger partial charge in [0.05, 0.1) is 12.0 Å². The van der Waals surface area contributed by atoms with Crippen LogP contribution < -0.4 is 5.32 Å². The Morgan fingerprint density at radius 1 is 1.14 bits per heavy atom. The summed E-state index contributed by atoms with van der Waals surface area (Å²) in [5.74, 6) is -0.0577. The van der Waals surface area contributed by atoms with Crippen molar-refractivity contribution in [2.45, 2.75) is 13.0 Å². The molecule has 0 fully saturated rings. The maximum absolute atomic E-state index is 12.1. The zero-order valence-corrected chi connectivity index (χ0v) is 12.1. The number of hydrogen-bond acceptors (Lipinski definition) is 3. The Morgan fingerprint density at radius 2 is 2.00 bits per heavy atom. The molecular formula is C16H17N5O. The minimum absolute atomic E-state index is 0.0577. The first kappa shape index (κ1) is 14.1. The normalized spacial score (nSPS) is 10.5. The van der Waals surface area contributed by atoms with E-state index in [2.05, 4.69) is 15.4 Å². The Bertz CT molecular complexity index is 702. The molecule has 0 atom stereocenters. The van der Waals surface area contributed by atoms with Crippen LogP contribution in [0.15, 0.2) is 61.4 Å². The van der Waals surface area contributed by atoms with E-state index in [0.29, 0.717) is 12.1 Å². The second kappa shape index (κ2) is 6.71. The molecule has 0 radical (unpaired) electrons. The molecule has 0 aliphatic heterocycles. The lowest BCUT2D eigenvalue weighted by molar-refractivity contribution is 0.0952. The van der Waals surface area contributed by atoms with Gasteiger partial charge in [0.25, 0.3) is 5.91 Å². The van der Waals surface area contributed by atoms with E-state index in [9.17, 15) is 4.79 Å². The highest BCUT2D eigenvalue weighted by molar-refractivity contribution is 5.94. The zero-order chi connectivity index (χ0) is 15.2. The molecule has 22 heavy (non-hydrogen) atoms. The molecule has 0 spiro atoms. The molecule has 1 N–H and O–H groups in total. The summed E-state index contributed by atoms with van der Waals surface area (Å²) in [5.41, 5.74) is 1.58. The number of carbonyl (C=O) groups is 1. The van der Waals surface area contributed by atoms with Crippen LogP contribution in [-0.4, -0.2) is 31.8 Å². The van der Waals surface area contributed by atoms with Gasteiger partial charge in [-0.3, -0.25) is 4.79 Å². The van der Waals surface area contributed by atoms with Gasteiger partial charge in [0.1, 0.15) is 0 Å². The third kappa shape index (κ3) is 3.41. The Kier molecular flexibility index (Phi) is 4.29. The van der Waals surface area contributed by atoms with Crippen molar-refractivity contribution in [3.05, 3.63) is 67.0 Å². The van der Waals surface area contributed by atoms with E-state index in [4.69, 9.17) is 0 Å². The van der Waals surface area contributed by atoms with Crippen molar-refractivity contribution in [1.82, 2.24) is 24.6 Å². The van der Waals surface area contributed by atoms with Crippen molar-refractivity contribution in [1.29, 1.82) is 0 Å². The second-order valence-electron chi connectivity index (χ2n) is 4.91. The number of aryl methyl sites for hydroxylation is 1. The van der Waals surface area contributed by atoms with Crippen LogP contribution in [-0.2, 0) is 6.54 Å². The van der Waals surface area contributed by atoms with E-state index in [1.807, 2.05) is 47.3 Å². The van der Waals surface area contributed by atoms with Crippen LogP contribution in [0.3, 0.4) is 0 Å². The van der Waals surface area contributed by atoms with Crippen LogP contribution >= 0.6 is 0 Å². The standard InChI is InChI=1S/C16H17N5O/c22-16(18-7-1-10-20-12-9-17-13-20)14-3-5-15(6-4-14)21-11-2-8-19-21/h2-6,8-9,11-13H,1,7,10H2,(H,18,22). The zero-order valence-electron chi connectivity index (χ0n) is 12.1. The maximum Gasteiger partial charge on any atom is 0.251 e. The monoisotopic (exact) mass is 295 g/mol. The second-order valence-corrected chi connectivity index (χ2v) is 4.91. The molecule has 3 aromatic rings. The summed E-state index contributed by atoms with van der Waals surface area (Å²) in [6, 6.07) is 9.24. The summed E-state index contributed by atoms with van der Waals surface area (Å²) in [6.45, 7) is 1.48. The first-order valence-electron chi connectivity index (χ1n) is 7.17. The Labute approximate surface area is 128 Å². The van der Waals surface area contributed by atoms with E-state index < -0.39 is 0 Å². The molecule has 6 heteroatoms. The van der Waals surface area contributed by atoms with Gasteiger partial charge in [-0.25, -0.2) is 9.67 Å². The smallest absolute Gasteiger partial charge is 0.251 e. The van der Waals surface area contributed by atoms with Crippen LogP contribution in [0.5, 0.6) is 0 Å². The average molecular weight is 295 g/mol. The van der Waals surface area contributed by atoms with Crippen LogP contribution in [0.1, 0.15) is 16.8 Å². The number of aromatic nitrogens is 4. The summed E-state index contributed by atoms with van der Waals surface area (Å²) in [7, 11) is 0. The summed E-state index contributed by atoms with van der Waals surface area (Å²) in [6.07, 6.45) is 9.89. The molecule has 6 nitrogen and oxygen atoms in total. The predicted molar refractivity (Wildman–Crippen MR) is 82.7 cm³/mol. The third-order valence-corrected chi connectivity index (χ3v) is 3.34. The number of hydrogen-bond donors (Lipinski definition) is 1. The molecule has 0 saturated heterocycles. The van der Waals surface area contributed by atoms with E-state index in [1.165, 1.54) is 0 Å². The third-order valence-electron chi connectivity index (χ3n) is 3.34. The fourth-order valence-electron chi connectivity index (χ4n) is 2.17. The van der Waals surface area contributed by atoms with Crippen LogP contribution in [0.2, 0.25) is 0 Å². The van der Waals surface area contributed by atoms with Gasteiger partial charge in [0.15, 0.2) is 0 Å². The number of rotatable bonds is 6. The molecule has 0 aliphatic rings. The SMILES string of the molecule is O=C(NCCCn1ccnc1)c1ccc(-n2cccn2)cc1. The van der Waals surface area contributed by atoms with E-state index in [-0.39, 0.29) is 5.91 Å². The van der Waals surface area contributed by atoms with Gasteiger partial charge >= 0.3 is 0 Å². The summed E-state index contributed by atoms with van der Waals surface area (Å²) < 4.78 is 3.75. The number of benzene rings is 1. The highest BCUT2D eigenvalue weighted by atomic mass is 16.1. The van der Waals surface area contributed by atoms with E-state index in [1.54, 1.807) is 23.4 Å². The molecule has 112 valence electrons. The average Bonchev–Trinajstić information content (AvgIpc) is 3.25. The molecule has 1 amide bonds. The van der Waals surface area contributed by atoms with E-state index in [0.717, 1.165) is 18.7 Å². The van der Waals surface area contributed by atoms with Crippen LogP contribution in [0, 0.1) is 0 Å². The highest BCUT2D eigenvalue weighted by Gasteiger charge is 2.05. The Hall–Kier alpha value is -2.89. The van der Waals surface area contributed by atoms with Gasteiger partial charge in [0, 0.05) is 43.4 Å². The quantitative estimate of drug-likeness (QED) is 0.706. The van der Waals surface area contributed by atoms with Crippen molar-refractivity contribution < 1.29 is 4.79 Å². The van der Waals surface area contributed by atoms with Crippen molar-refractivity contribution in [2.75, 3.05) is 6.54 Å². The topological polar surface area (TPSA) is 64.7 Å². The van der Waals surface area contributed by atoms with Gasteiger partial charge in [-0.2, -0.15) is 5.10 Å². The van der Waals surface area contributed by atoms with Gasteiger partial charge < -0.3 is 9.88 Å². The van der Waals surface area contributed by atoms with Crippen LogP contribution in [0.25, 0.3) is 5.69 Å². The van der Waals surface area contributed by atoms with E-state index >= 15 is 0 Å². The van der Waals surface area contributed by atoms with Crippen molar-refractivity contribution in [3.8, 4) is 5.69 Å². The largest absolute Gasteiger partial charge is 0.352 e. The van der Waals surface area contributed by atoms with Crippen molar-refractivity contribution in [2.24, 2.45) is 0 Å². The summed E-state index contributed by atoms with van der Waals surface area (Å²) >= 11 is 0. The van der Waals surface area contributed by atoms with Gasteiger partial charge in [-0.05, 0) is 36.8 Å². The molecule has 0 aliphatic carbocycles. The molecular weight excluding hydrogens is 278 g/mol. The Morgan fingerprint density at radius 3 is 2.68 bits per heavy atom. The maximum atomic E-state index is 12.1. The molecule has 2 heterocycles. The highest BCUT2D eigenvalue weighted by Crippen LogP contribution is 2.08. The molecule has 0 unspecified atom stereocenters. The van der Waals surface area contributed by atoms with Crippen molar-refractivity contribution in [3.63, 3.8) is 0 Å². The van der Waals surface area contributed by atoms with Gasteiger partial charge in [-0.1, -0.05) is 0 Å². The summed E-state index contributed by atoms with van der Waals surface area (Å²) in [4.78, 5) is 16.0. The Balaban J connectivity index is 1.49. The van der Waals surface area contributed by atoms with Gasteiger partial charge in [0.2, 0.25) is 0 Å². The molecule has 0 saturated carbocycles. The fraction of sp³-hybridized carbons (Fsp3) is 0.188. The van der Waals surface area contributed by atoms with Crippen LogP contribution in [0.4, 0.5) is 0 Å². The fourth-order valence-corrected chi connectivity index (χ4v) is 2.17. The number of amides is 1. The molecule has 0 bridgehead atoms. The minimum Gasteiger partial charge on any atom is -0.352 e. The minimum atomic E-state index is -0.0577. The number of carbonyl (C=O) groups excluding carboxylic acids is 1. The lowest BCUT2D eigenvalue weighted by Gasteiger charge is -2.07. The van der Waals surface area contributed by atoms with Crippen molar-refractivity contribution >= 4 is 5.91 Å². The molecule has 2 aromatic heterocycles.